The average molecular weight is 431 g/mol. The number of methoxy groups -OCH3 is 3. The van der Waals surface area contributed by atoms with Crippen molar-refractivity contribution in [1.29, 1.82) is 0 Å². The molecule has 3 aromatic carbocycles. The third-order valence-corrected chi connectivity index (χ3v) is 5.37. The topological polar surface area (TPSA) is 88.6 Å². The van der Waals surface area contributed by atoms with Crippen LogP contribution in [0.5, 0.6) is 17.2 Å². The van der Waals surface area contributed by atoms with Gasteiger partial charge in [-0.1, -0.05) is 24.3 Å². The van der Waals surface area contributed by atoms with Gasteiger partial charge in [0.15, 0.2) is 11.5 Å². The maximum atomic E-state index is 13.6. The van der Waals surface area contributed by atoms with Gasteiger partial charge in [0, 0.05) is 12.1 Å². The minimum atomic E-state index is -0.156. The van der Waals surface area contributed by atoms with Gasteiger partial charge < -0.3 is 19.9 Å². The van der Waals surface area contributed by atoms with E-state index in [1.807, 2.05) is 36.4 Å². The zero-order valence-electron chi connectivity index (χ0n) is 18.3. The number of hydrogen-bond donors (Lipinski definition) is 1. The maximum absolute atomic E-state index is 13.6. The Labute approximate surface area is 186 Å². The second-order valence-electron chi connectivity index (χ2n) is 7.30. The van der Waals surface area contributed by atoms with Gasteiger partial charge in [0.2, 0.25) is 0 Å². The molecule has 0 aliphatic heterocycles. The Morgan fingerprint density at radius 2 is 1.66 bits per heavy atom. The molecule has 0 spiro atoms. The largest absolute Gasteiger partial charge is 0.497 e. The Morgan fingerprint density at radius 3 is 2.38 bits per heavy atom. The lowest BCUT2D eigenvalue weighted by molar-refractivity contribution is 0.355. The van der Waals surface area contributed by atoms with Gasteiger partial charge in [0.1, 0.15) is 11.6 Å². The second kappa shape index (κ2) is 9.11. The lowest BCUT2D eigenvalue weighted by atomic mass is 10.1. The zero-order valence-corrected chi connectivity index (χ0v) is 18.3. The molecule has 164 valence electrons. The summed E-state index contributed by atoms with van der Waals surface area (Å²) in [6.07, 6.45) is 0. The van der Waals surface area contributed by atoms with Crippen LogP contribution in [0.15, 0.2) is 65.5 Å². The summed E-state index contributed by atoms with van der Waals surface area (Å²) in [5, 5.41) is 0.489. The Morgan fingerprint density at radius 1 is 0.875 bits per heavy atom. The van der Waals surface area contributed by atoms with Gasteiger partial charge in [-0.25, -0.2) is 4.98 Å². The van der Waals surface area contributed by atoms with E-state index in [-0.39, 0.29) is 5.56 Å². The lowest BCUT2D eigenvalue weighted by Gasteiger charge is -2.16. The van der Waals surface area contributed by atoms with Crippen molar-refractivity contribution in [2.75, 3.05) is 21.3 Å². The minimum Gasteiger partial charge on any atom is -0.497 e. The van der Waals surface area contributed by atoms with Gasteiger partial charge in [0.25, 0.3) is 5.56 Å². The van der Waals surface area contributed by atoms with Crippen LogP contribution in [0.3, 0.4) is 0 Å². The van der Waals surface area contributed by atoms with Crippen LogP contribution in [0.25, 0.3) is 22.3 Å². The van der Waals surface area contributed by atoms with Crippen molar-refractivity contribution in [3.05, 3.63) is 82.1 Å². The molecule has 0 saturated heterocycles. The average Bonchev–Trinajstić information content (AvgIpc) is 2.85. The van der Waals surface area contributed by atoms with Gasteiger partial charge in [0.05, 0.1) is 38.8 Å². The van der Waals surface area contributed by atoms with Crippen LogP contribution < -0.4 is 25.5 Å². The van der Waals surface area contributed by atoms with Crippen LogP contribution in [0.2, 0.25) is 0 Å². The predicted molar refractivity (Wildman–Crippen MR) is 125 cm³/mol. The highest BCUT2D eigenvalue weighted by atomic mass is 16.5. The number of nitrogens with zero attached hydrogens (tertiary/aromatic N) is 2. The van der Waals surface area contributed by atoms with Crippen molar-refractivity contribution in [2.24, 2.45) is 5.73 Å². The summed E-state index contributed by atoms with van der Waals surface area (Å²) in [5.74, 6) is 2.30. The molecule has 0 unspecified atom stereocenters. The standard InChI is InChI=1S/C25H25N3O4/c1-30-19-8-9-21-20(13-19)25(29)28(15-17-6-4-5-16(11-17)14-26)24(27-21)18-7-10-22(31-2)23(12-18)32-3/h4-13H,14-15,26H2,1-3H3. The highest BCUT2D eigenvalue weighted by molar-refractivity contribution is 5.81. The molecule has 0 bridgehead atoms. The molecular weight excluding hydrogens is 406 g/mol. The fourth-order valence-electron chi connectivity index (χ4n) is 3.71. The van der Waals surface area contributed by atoms with E-state index in [0.717, 1.165) is 16.7 Å². The Hall–Kier alpha value is -3.84. The molecule has 4 aromatic rings. The third kappa shape index (κ3) is 4.02. The third-order valence-electron chi connectivity index (χ3n) is 5.37. The maximum Gasteiger partial charge on any atom is 0.262 e. The molecule has 0 saturated carbocycles. The summed E-state index contributed by atoms with van der Waals surface area (Å²) in [4.78, 5) is 18.5. The number of aromatic nitrogens is 2. The molecule has 0 amide bonds. The van der Waals surface area contributed by atoms with E-state index in [2.05, 4.69) is 0 Å². The fourth-order valence-corrected chi connectivity index (χ4v) is 3.71. The van der Waals surface area contributed by atoms with E-state index in [1.165, 1.54) is 0 Å². The van der Waals surface area contributed by atoms with Crippen molar-refractivity contribution < 1.29 is 14.2 Å². The Balaban J connectivity index is 1.96. The van der Waals surface area contributed by atoms with E-state index >= 15 is 0 Å². The highest BCUT2D eigenvalue weighted by Crippen LogP contribution is 2.32. The van der Waals surface area contributed by atoms with E-state index in [9.17, 15) is 4.79 Å². The molecule has 1 heterocycles. The zero-order chi connectivity index (χ0) is 22.7. The molecule has 0 fully saturated rings. The number of ether oxygens (including phenoxy) is 3. The highest BCUT2D eigenvalue weighted by Gasteiger charge is 2.16. The number of hydrogen-bond acceptors (Lipinski definition) is 6. The Bertz CT molecular complexity index is 1330. The van der Waals surface area contributed by atoms with Gasteiger partial charge in [-0.3, -0.25) is 9.36 Å². The first-order chi connectivity index (χ1) is 15.6. The summed E-state index contributed by atoms with van der Waals surface area (Å²) in [6.45, 7) is 0.773. The summed E-state index contributed by atoms with van der Waals surface area (Å²) in [7, 11) is 4.73. The number of nitrogens with two attached hydrogens (primary N) is 1. The molecule has 1 aromatic heterocycles. The first kappa shape index (κ1) is 21.4. The quantitative estimate of drug-likeness (QED) is 0.481. The first-order valence-corrected chi connectivity index (χ1v) is 10.2. The molecule has 0 aliphatic rings. The van der Waals surface area contributed by atoms with Crippen molar-refractivity contribution in [1.82, 2.24) is 9.55 Å². The van der Waals surface area contributed by atoms with Crippen LogP contribution in [0.1, 0.15) is 11.1 Å². The van der Waals surface area contributed by atoms with Crippen LogP contribution >= 0.6 is 0 Å². The lowest BCUT2D eigenvalue weighted by Crippen LogP contribution is -2.24. The van der Waals surface area contributed by atoms with Crippen molar-refractivity contribution in [2.45, 2.75) is 13.1 Å². The van der Waals surface area contributed by atoms with Crippen LogP contribution in [-0.4, -0.2) is 30.9 Å². The number of benzene rings is 3. The predicted octanol–water partition coefficient (Wildman–Crippen LogP) is 3.60. The smallest absolute Gasteiger partial charge is 0.262 e. The first-order valence-electron chi connectivity index (χ1n) is 10.2. The molecule has 4 rings (SSSR count). The molecule has 7 nitrogen and oxygen atoms in total. The summed E-state index contributed by atoms with van der Waals surface area (Å²) >= 11 is 0. The van der Waals surface area contributed by atoms with Gasteiger partial charge >= 0.3 is 0 Å². The van der Waals surface area contributed by atoms with Crippen molar-refractivity contribution in [3.8, 4) is 28.6 Å². The normalized spacial score (nSPS) is 10.9. The van der Waals surface area contributed by atoms with E-state index in [1.54, 1.807) is 50.2 Å². The SMILES string of the molecule is COc1ccc2nc(-c3ccc(OC)c(OC)c3)n(Cc3cccc(CN)c3)c(=O)c2c1. The summed E-state index contributed by atoms with van der Waals surface area (Å²) in [5.41, 5.74) is 8.94. The molecular formula is C25H25N3O4. The number of rotatable bonds is 7. The molecule has 0 atom stereocenters. The van der Waals surface area contributed by atoms with Crippen LogP contribution in [-0.2, 0) is 13.1 Å². The molecule has 2 N–H and O–H groups in total. The van der Waals surface area contributed by atoms with Gasteiger partial charge in [-0.15, -0.1) is 0 Å². The molecule has 32 heavy (non-hydrogen) atoms. The van der Waals surface area contributed by atoms with Crippen molar-refractivity contribution >= 4 is 10.9 Å². The van der Waals surface area contributed by atoms with E-state index < -0.39 is 0 Å². The Kier molecular flexibility index (Phi) is 6.09. The monoisotopic (exact) mass is 431 g/mol. The van der Waals surface area contributed by atoms with Crippen LogP contribution in [0, 0.1) is 0 Å². The van der Waals surface area contributed by atoms with Crippen LogP contribution in [0.4, 0.5) is 0 Å². The fraction of sp³-hybridized carbons (Fsp3) is 0.200. The second-order valence-corrected chi connectivity index (χ2v) is 7.30. The molecule has 0 aliphatic carbocycles. The van der Waals surface area contributed by atoms with E-state index in [0.29, 0.717) is 47.1 Å². The summed E-state index contributed by atoms with van der Waals surface area (Å²) in [6, 6.07) is 18.7. The van der Waals surface area contributed by atoms with Gasteiger partial charge in [-0.2, -0.15) is 0 Å². The molecule has 7 heteroatoms. The summed E-state index contributed by atoms with van der Waals surface area (Å²) < 4.78 is 17.8. The molecule has 0 radical (unpaired) electrons. The van der Waals surface area contributed by atoms with Gasteiger partial charge in [-0.05, 0) is 47.5 Å². The minimum absolute atomic E-state index is 0.156. The number of fused-ring (bicyclic) bond motifs is 1. The van der Waals surface area contributed by atoms with E-state index in [4.69, 9.17) is 24.9 Å². The van der Waals surface area contributed by atoms with Crippen molar-refractivity contribution in [3.63, 3.8) is 0 Å².